The molecule has 5 heteroatoms. The van der Waals surface area contributed by atoms with Crippen LogP contribution < -0.4 is 0 Å². The Bertz CT molecular complexity index is 404. The van der Waals surface area contributed by atoms with Crippen LogP contribution >= 0.6 is 0 Å². The molecule has 0 saturated heterocycles. The van der Waals surface area contributed by atoms with E-state index < -0.39 is 0 Å². The normalized spacial score (nSPS) is 16.1. The number of hydrogen-bond acceptors (Lipinski definition) is 4. The first-order valence-corrected chi connectivity index (χ1v) is 5.04. The predicted octanol–water partition coefficient (Wildman–Crippen LogP) is -0.265. The Morgan fingerprint density at radius 1 is 1.60 bits per heavy atom. The van der Waals surface area contributed by atoms with Crippen LogP contribution in [0.1, 0.15) is 17.0 Å². The van der Waals surface area contributed by atoms with Gasteiger partial charge in [0.25, 0.3) is 0 Å². The first-order valence-electron chi connectivity index (χ1n) is 5.04. The molecule has 1 aliphatic heterocycles. The van der Waals surface area contributed by atoms with Gasteiger partial charge in [0.15, 0.2) is 5.69 Å². The van der Waals surface area contributed by atoms with Crippen LogP contribution in [0.5, 0.6) is 0 Å². The molecule has 2 heterocycles. The van der Waals surface area contributed by atoms with E-state index in [2.05, 4.69) is 16.1 Å². The zero-order valence-electron chi connectivity index (χ0n) is 8.77. The van der Waals surface area contributed by atoms with E-state index in [9.17, 15) is 0 Å². The van der Waals surface area contributed by atoms with Gasteiger partial charge in [0.2, 0.25) is 0 Å². The molecule has 15 heavy (non-hydrogen) atoms. The van der Waals surface area contributed by atoms with Crippen molar-refractivity contribution in [3.63, 3.8) is 0 Å². The third-order valence-corrected chi connectivity index (χ3v) is 2.74. The number of nitrogens with zero attached hydrogens (tertiary/aromatic N) is 4. The van der Waals surface area contributed by atoms with Gasteiger partial charge in [0, 0.05) is 30.8 Å². The molecule has 0 spiro atoms. The Hall–Kier alpha value is -1.38. The number of aromatic nitrogens is 2. The Balaban J connectivity index is 2.41. The average Bonchev–Trinajstić information content (AvgIpc) is 2.56. The number of rotatable bonds is 2. The van der Waals surface area contributed by atoms with Crippen LogP contribution in [-0.2, 0) is 19.5 Å². The zero-order valence-corrected chi connectivity index (χ0v) is 8.77. The summed E-state index contributed by atoms with van der Waals surface area (Å²) in [4.78, 5) is 2.17. The molecule has 0 bridgehead atoms. The number of fused-ring (bicyclic) bond motifs is 1. The molecule has 0 aliphatic carbocycles. The standard InChI is InChI=1S/C10H14N4O/c1-13-3-2-10-8(7-13)9(6-11)12-14(10)4-5-15/h15H,2-5,7H2,1H3. The Morgan fingerprint density at radius 3 is 3.07 bits per heavy atom. The maximum Gasteiger partial charge on any atom is 0.167 e. The van der Waals surface area contributed by atoms with Gasteiger partial charge in [-0.2, -0.15) is 10.4 Å². The monoisotopic (exact) mass is 206 g/mol. The molecule has 80 valence electrons. The lowest BCUT2D eigenvalue weighted by atomic mass is 10.1. The first-order chi connectivity index (χ1) is 7.26. The lowest BCUT2D eigenvalue weighted by Gasteiger charge is -2.22. The molecule has 5 nitrogen and oxygen atoms in total. The fourth-order valence-electron chi connectivity index (χ4n) is 2.00. The minimum absolute atomic E-state index is 0.0643. The van der Waals surface area contributed by atoms with E-state index in [4.69, 9.17) is 10.4 Å². The molecule has 0 saturated carbocycles. The molecule has 1 aromatic rings. The highest BCUT2D eigenvalue weighted by Gasteiger charge is 2.22. The first kappa shape index (κ1) is 10.1. The van der Waals surface area contributed by atoms with E-state index in [1.54, 1.807) is 4.68 Å². The van der Waals surface area contributed by atoms with Crippen molar-refractivity contribution in [2.75, 3.05) is 20.2 Å². The van der Waals surface area contributed by atoms with Gasteiger partial charge in [-0.1, -0.05) is 0 Å². The summed E-state index contributed by atoms with van der Waals surface area (Å²) in [6.45, 7) is 2.31. The highest BCUT2D eigenvalue weighted by molar-refractivity contribution is 5.36. The van der Waals surface area contributed by atoms with Crippen LogP contribution in [0.3, 0.4) is 0 Å². The van der Waals surface area contributed by atoms with E-state index in [0.717, 1.165) is 30.8 Å². The smallest absolute Gasteiger partial charge is 0.167 e. The van der Waals surface area contributed by atoms with Gasteiger partial charge in [-0.25, -0.2) is 0 Å². The molecule has 1 aromatic heterocycles. The van der Waals surface area contributed by atoms with Crippen molar-refractivity contribution in [1.82, 2.24) is 14.7 Å². The van der Waals surface area contributed by atoms with Gasteiger partial charge in [-0.3, -0.25) is 4.68 Å². The summed E-state index contributed by atoms with van der Waals surface area (Å²) >= 11 is 0. The zero-order chi connectivity index (χ0) is 10.8. The van der Waals surface area contributed by atoms with Crippen molar-refractivity contribution in [2.45, 2.75) is 19.5 Å². The van der Waals surface area contributed by atoms with Crippen LogP contribution in [0.2, 0.25) is 0 Å². The highest BCUT2D eigenvalue weighted by atomic mass is 16.3. The van der Waals surface area contributed by atoms with E-state index in [1.165, 1.54) is 0 Å². The summed E-state index contributed by atoms with van der Waals surface area (Å²) in [6.07, 6.45) is 0.903. The largest absolute Gasteiger partial charge is 0.394 e. The van der Waals surface area contributed by atoms with Crippen molar-refractivity contribution in [3.8, 4) is 6.07 Å². The lowest BCUT2D eigenvalue weighted by molar-refractivity contribution is 0.262. The van der Waals surface area contributed by atoms with Crippen molar-refractivity contribution in [3.05, 3.63) is 17.0 Å². The predicted molar refractivity (Wildman–Crippen MR) is 54.1 cm³/mol. The number of aliphatic hydroxyl groups excluding tert-OH is 1. The van der Waals surface area contributed by atoms with Crippen LogP contribution in [0, 0.1) is 11.3 Å². The van der Waals surface area contributed by atoms with Crippen molar-refractivity contribution >= 4 is 0 Å². The Morgan fingerprint density at radius 2 is 2.40 bits per heavy atom. The van der Waals surface area contributed by atoms with Crippen LogP contribution in [-0.4, -0.2) is 40.0 Å². The summed E-state index contributed by atoms with van der Waals surface area (Å²) in [5.41, 5.74) is 2.64. The summed E-state index contributed by atoms with van der Waals surface area (Å²) in [6, 6.07) is 2.11. The second-order valence-corrected chi connectivity index (χ2v) is 3.82. The molecule has 0 atom stereocenters. The molecular formula is C10H14N4O. The van der Waals surface area contributed by atoms with Gasteiger partial charge < -0.3 is 10.0 Å². The third kappa shape index (κ3) is 1.74. The molecular weight excluding hydrogens is 192 g/mol. The van der Waals surface area contributed by atoms with Gasteiger partial charge >= 0.3 is 0 Å². The molecule has 0 radical (unpaired) electrons. The molecule has 2 rings (SSSR count). The van der Waals surface area contributed by atoms with Gasteiger partial charge in [0.1, 0.15) is 6.07 Å². The fourth-order valence-corrected chi connectivity index (χ4v) is 2.00. The summed E-state index contributed by atoms with van der Waals surface area (Å²) < 4.78 is 1.76. The van der Waals surface area contributed by atoms with Crippen molar-refractivity contribution in [2.24, 2.45) is 0 Å². The molecule has 1 aliphatic rings. The van der Waals surface area contributed by atoms with Crippen LogP contribution in [0.4, 0.5) is 0 Å². The summed E-state index contributed by atoms with van der Waals surface area (Å²) in [5.74, 6) is 0. The van der Waals surface area contributed by atoms with E-state index >= 15 is 0 Å². The maximum atomic E-state index is 8.95. The number of likely N-dealkylation sites (N-methyl/N-ethyl adjacent to an activating group) is 1. The van der Waals surface area contributed by atoms with Gasteiger partial charge in [0.05, 0.1) is 13.2 Å². The Labute approximate surface area is 88.5 Å². The van der Waals surface area contributed by atoms with E-state index in [0.29, 0.717) is 12.2 Å². The molecule has 0 amide bonds. The minimum Gasteiger partial charge on any atom is -0.394 e. The fraction of sp³-hybridized carbons (Fsp3) is 0.600. The number of nitriles is 1. The number of aliphatic hydroxyl groups is 1. The van der Waals surface area contributed by atoms with Gasteiger partial charge in [-0.15, -0.1) is 0 Å². The quantitative estimate of drug-likeness (QED) is 0.723. The second-order valence-electron chi connectivity index (χ2n) is 3.82. The van der Waals surface area contributed by atoms with E-state index in [-0.39, 0.29) is 6.61 Å². The lowest BCUT2D eigenvalue weighted by Crippen LogP contribution is -2.27. The molecule has 1 N–H and O–H groups in total. The maximum absolute atomic E-state index is 8.95. The van der Waals surface area contributed by atoms with Crippen molar-refractivity contribution in [1.29, 1.82) is 5.26 Å². The SMILES string of the molecule is CN1CCc2c(c(C#N)nn2CCO)C1. The summed E-state index contributed by atoms with van der Waals surface area (Å²) in [7, 11) is 2.04. The number of hydrogen-bond donors (Lipinski definition) is 1. The molecule has 0 unspecified atom stereocenters. The third-order valence-electron chi connectivity index (χ3n) is 2.74. The Kier molecular flexibility index (Phi) is 2.71. The van der Waals surface area contributed by atoms with Gasteiger partial charge in [-0.05, 0) is 7.05 Å². The molecule has 0 fully saturated rings. The van der Waals surface area contributed by atoms with Crippen LogP contribution in [0.25, 0.3) is 0 Å². The van der Waals surface area contributed by atoms with E-state index in [1.807, 2.05) is 7.05 Å². The summed E-state index contributed by atoms with van der Waals surface area (Å²) in [5, 5.41) is 22.1. The second kappa shape index (κ2) is 4.01. The molecule has 0 aromatic carbocycles. The minimum atomic E-state index is 0.0643. The topological polar surface area (TPSA) is 65.1 Å². The average molecular weight is 206 g/mol. The van der Waals surface area contributed by atoms with Crippen molar-refractivity contribution < 1.29 is 5.11 Å². The highest BCUT2D eigenvalue weighted by Crippen LogP contribution is 2.21. The van der Waals surface area contributed by atoms with Crippen LogP contribution in [0.15, 0.2) is 0 Å².